The van der Waals surface area contributed by atoms with Gasteiger partial charge in [0, 0.05) is 22.8 Å². The second kappa shape index (κ2) is 6.54. The third-order valence-electron chi connectivity index (χ3n) is 6.25. The number of nitrogens with one attached hydrogen (secondary N) is 1. The fourth-order valence-electron chi connectivity index (χ4n) is 4.76. The first-order valence-corrected chi connectivity index (χ1v) is 10.3. The third kappa shape index (κ3) is 2.54. The molecule has 1 spiro atoms. The summed E-state index contributed by atoms with van der Waals surface area (Å²) in [5.41, 5.74) is 1.17. The van der Waals surface area contributed by atoms with Gasteiger partial charge in [-0.15, -0.1) is 0 Å². The van der Waals surface area contributed by atoms with Crippen LogP contribution in [-0.2, 0) is 16.9 Å². The number of aromatic nitrogens is 1. The number of para-hydroxylation sites is 2. The summed E-state index contributed by atoms with van der Waals surface area (Å²) in [5, 5.41) is 6.01. The van der Waals surface area contributed by atoms with E-state index >= 15 is 0 Å². The maximum absolute atomic E-state index is 13.6. The number of hydrogen-bond donors (Lipinski definition) is 1. The lowest BCUT2D eigenvalue weighted by Crippen LogP contribution is -2.47. The zero-order valence-corrected chi connectivity index (χ0v) is 16.7. The number of benzene rings is 3. The van der Waals surface area contributed by atoms with Crippen LogP contribution in [-0.4, -0.2) is 28.4 Å². The van der Waals surface area contributed by atoms with Gasteiger partial charge >= 0.3 is 6.03 Å². The first kappa shape index (κ1) is 17.9. The number of nitrogens with zero attached hydrogens (tertiary/aromatic N) is 2. The predicted octanol–water partition coefficient (Wildman–Crippen LogP) is 4.12. The van der Waals surface area contributed by atoms with Crippen molar-refractivity contribution in [2.45, 2.75) is 18.5 Å². The maximum Gasteiger partial charge on any atom is 0.325 e. The van der Waals surface area contributed by atoms with Gasteiger partial charge in [0.15, 0.2) is 5.54 Å². The van der Waals surface area contributed by atoms with Crippen LogP contribution < -0.4 is 10.1 Å². The lowest BCUT2D eigenvalue weighted by atomic mass is 9.84. The van der Waals surface area contributed by atoms with Gasteiger partial charge < -0.3 is 10.1 Å². The van der Waals surface area contributed by atoms with Crippen LogP contribution in [0.4, 0.5) is 4.79 Å². The molecular formula is C25H19N3O3. The number of rotatable bonds is 2. The molecule has 1 fully saturated rings. The summed E-state index contributed by atoms with van der Waals surface area (Å²) in [6.45, 7) is 0.481. The summed E-state index contributed by atoms with van der Waals surface area (Å²) in [5.74, 6) is 0.380. The van der Waals surface area contributed by atoms with E-state index in [1.165, 1.54) is 4.90 Å². The van der Waals surface area contributed by atoms with E-state index in [-0.39, 0.29) is 12.5 Å². The molecule has 152 valence electrons. The van der Waals surface area contributed by atoms with Crippen LogP contribution in [0, 0.1) is 0 Å². The highest BCUT2D eigenvalue weighted by molar-refractivity contribution is 6.09. The van der Waals surface area contributed by atoms with Gasteiger partial charge in [0.05, 0.1) is 24.4 Å². The molecule has 3 amide bonds. The highest BCUT2D eigenvalue weighted by Gasteiger charge is 2.54. The molecule has 0 radical (unpaired) electrons. The van der Waals surface area contributed by atoms with Crippen LogP contribution in [0.15, 0.2) is 72.8 Å². The van der Waals surface area contributed by atoms with Gasteiger partial charge in [0.25, 0.3) is 5.91 Å². The molecule has 6 rings (SSSR count). The molecule has 3 aromatic carbocycles. The number of ether oxygens (including phenoxy) is 1. The van der Waals surface area contributed by atoms with E-state index in [2.05, 4.69) is 5.32 Å². The Morgan fingerprint density at radius 3 is 2.48 bits per heavy atom. The zero-order chi connectivity index (χ0) is 21.0. The Morgan fingerprint density at radius 1 is 0.903 bits per heavy atom. The van der Waals surface area contributed by atoms with Crippen LogP contribution in [0.25, 0.3) is 21.7 Å². The molecule has 0 aliphatic carbocycles. The molecule has 6 heteroatoms. The highest BCUT2D eigenvalue weighted by Crippen LogP contribution is 2.41. The Labute approximate surface area is 178 Å². The molecule has 3 heterocycles. The minimum atomic E-state index is -1.08. The molecule has 1 saturated heterocycles. The second-order valence-electron chi connectivity index (χ2n) is 7.94. The van der Waals surface area contributed by atoms with Crippen molar-refractivity contribution in [1.29, 1.82) is 0 Å². The smallest absolute Gasteiger partial charge is 0.325 e. The summed E-state index contributed by atoms with van der Waals surface area (Å²) >= 11 is 0. The third-order valence-corrected chi connectivity index (χ3v) is 6.25. The number of carbonyl (C=O) groups is 2. The van der Waals surface area contributed by atoms with Crippen molar-refractivity contribution >= 4 is 33.6 Å². The fourth-order valence-corrected chi connectivity index (χ4v) is 4.76. The van der Waals surface area contributed by atoms with Crippen LogP contribution in [0.1, 0.15) is 17.7 Å². The van der Waals surface area contributed by atoms with E-state index in [1.807, 2.05) is 72.8 Å². The molecule has 31 heavy (non-hydrogen) atoms. The molecule has 1 aromatic heterocycles. The van der Waals surface area contributed by atoms with Crippen molar-refractivity contribution in [2.75, 3.05) is 6.61 Å². The summed E-state index contributed by atoms with van der Waals surface area (Å²) in [6.07, 6.45) is 0.400. The van der Waals surface area contributed by atoms with Gasteiger partial charge in [-0.25, -0.2) is 4.79 Å². The minimum Gasteiger partial charge on any atom is -0.493 e. The average Bonchev–Trinajstić information content (AvgIpc) is 3.04. The van der Waals surface area contributed by atoms with Crippen molar-refractivity contribution in [3.05, 3.63) is 84.1 Å². The van der Waals surface area contributed by atoms with Gasteiger partial charge in [-0.05, 0) is 17.5 Å². The normalized spacial score (nSPS) is 20.2. The molecule has 4 aromatic rings. The molecular weight excluding hydrogens is 390 g/mol. The van der Waals surface area contributed by atoms with Gasteiger partial charge in [-0.3, -0.25) is 14.7 Å². The Hall–Kier alpha value is -3.93. The van der Waals surface area contributed by atoms with E-state index in [1.54, 1.807) is 0 Å². The summed E-state index contributed by atoms with van der Waals surface area (Å²) in [6, 6.07) is 22.9. The Kier molecular flexibility index (Phi) is 3.77. The number of pyridine rings is 1. The largest absolute Gasteiger partial charge is 0.493 e. The van der Waals surface area contributed by atoms with E-state index in [9.17, 15) is 9.59 Å². The maximum atomic E-state index is 13.6. The van der Waals surface area contributed by atoms with Crippen molar-refractivity contribution in [3.63, 3.8) is 0 Å². The van der Waals surface area contributed by atoms with E-state index in [0.717, 1.165) is 21.7 Å². The van der Waals surface area contributed by atoms with Crippen molar-refractivity contribution in [2.24, 2.45) is 0 Å². The quantitative estimate of drug-likeness (QED) is 0.399. The lowest BCUT2D eigenvalue weighted by molar-refractivity contribution is -0.133. The molecule has 2 aliphatic heterocycles. The molecule has 0 unspecified atom stereocenters. The molecule has 2 aliphatic rings. The number of hydrogen-bond acceptors (Lipinski definition) is 4. The number of carbonyl (C=O) groups excluding carboxylic acids is 2. The summed E-state index contributed by atoms with van der Waals surface area (Å²) in [7, 11) is 0. The van der Waals surface area contributed by atoms with Crippen molar-refractivity contribution in [3.8, 4) is 5.75 Å². The van der Waals surface area contributed by atoms with Crippen LogP contribution in [0.3, 0.4) is 0 Å². The van der Waals surface area contributed by atoms with E-state index < -0.39 is 11.6 Å². The van der Waals surface area contributed by atoms with E-state index in [0.29, 0.717) is 30.0 Å². The summed E-state index contributed by atoms with van der Waals surface area (Å²) in [4.78, 5) is 32.7. The van der Waals surface area contributed by atoms with Crippen LogP contribution >= 0.6 is 0 Å². The monoisotopic (exact) mass is 409 g/mol. The highest BCUT2D eigenvalue weighted by atomic mass is 16.5. The van der Waals surface area contributed by atoms with Crippen molar-refractivity contribution < 1.29 is 14.3 Å². The van der Waals surface area contributed by atoms with Gasteiger partial charge in [0.1, 0.15) is 5.75 Å². The van der Waals surface area contributed by atoms with E-state index in [4.69, 9.17) is 9.72 Å². The van der Waals surface area contributed by atoms with Gasteiger partial charge in [-0.1, -0.05) is 60.7 Å². The van der Waals surface area contributed by atoms with Crippen molar-refractivity contribution in [1.82, 2.24) is 15.2 Å². The van der Waals surface area contributed by atoms with Gasteiger partial charge in [0.2, 0.25) is 0 Å². The Morgan fingerprint density at radius 2 is 1.61 bits per heavy atom. The summed E-state index contributed by atoms with van der Waals surface area (Å²) < 4.78 is 5.72. The second-order valence-corrected chi connectivity index (χ2v) is 7.94. The zero-order valence-electron chi connectivity index (χ0n) is 16.7. The predicted molar refractivity (Wildman–Crippen MR) is 117 cm³/mol. The molecule has 1 N–H and O–H groups in total. The fraction of sp³-hybridized carbons (Fsp3) is 0.160. The number of fused-ring (bicyclic) bond motifs is 5. The number of imide groups is 1. The Bertz CT molecular complexity index is 1380. The molecule has 6 nitrogen and oxygen atoms in total. The number of amides is 3. The first-order valence-electron chi connectivity index (χ1n) is 10.3. The standard InChI is InChI=1S/C25H19N3O3/c29-23-25(13-14-31-22-12-6-4-10-19(22)25)27-24(30)28(23)15-21-18-9-2-1-7-16(18)17-8-3-5-11-20(17)26-21/h1-12H,13-15H2,(H,27,30)/t25-/m0/s1. The minimum absolute atomic E-state index is 0.112. The number of urea groups is 1. The Balaban J connectivity index is 1.45. The average molecular weight is 409 g/mol. The SMILES string of the molecule is O=C1N[C@]2(CCOc3ccccc32)C(=O)N1Cc1nc2ccccc2c2ccccc12. The molecule has 1 atom stereocenters. The molecule has 0 saturated carbocycles. The van der Waals surface area contributed by atoms with Crippen LogP contribution in [0.5, 0.6) is 5.75 Å². The lowest BCUT2D eigenvalue weighted by Gasteiger charge is -2.33. The first-order chi connectivity index (χ1) is 15.2. The van der Waals surface area contributed by atoms with Gasteiger partial charge in [-0.2, -0.15) is 0 Å². The molecule has 0 bridgehead atoms. The van der Waals surface area contributed by atoms with Crippen LogP contribution in [0.2, 0.25) is 0 Å². The topological polar surface area (TPSA) is 71.5 Å².